The summed E-state index contributed by atoms with van der Waals surface area (Å²) in [7, 11) is 1.49. The topological polar surface area (TPSA) is 95.2 Å². The second-order valence-corrected chi connectivity index (χ2v) is 4.37. The molecule has 1 amide bonds. The third-order valence-electron chi connectivity index (χ3n) is 1.56. The van der Waals surface area contributed by atoms with E-state index < -0.39 is 22.8 Å². The molecule has 0 aromatic carbocycles. The van der Waals surface area contributed by atoms with Gasteiger partial charge in [0.1, 0.15) is 0 Å². The second-order valence-electron chi connectivity index (χ2n) is 2.63. The SMILES string of the molecule is CSc1nn(C(=O)NOS(C)=O)c(=O)n1C. The van der Waals surface area contributed by atoms with Crippen molar-refractivity contribution >= 4 is 28.9 Å². The van der Waals surface area contributed by atoms with E-state index in [1.54, 1.807) is 6.26 Å². The highest BCUT2D eigenvalue weighted by atomic mass is 32.2. The van der Waals surface area contributed by atoms with Crippen LogP contribution in [0.5, 0.6) is 0 Å². The molecule has 0 radical (unpaired) electrons. The van der Waals surface area contributed by atoms with E-state index >= 15 is 0 Å². The van der Waals surface area contributed by atoms with Crippen LogP contribution in [0.1, 0.15) is 0 Å². The summed E-state index contributed by atoms with van der Waals surface area (Å²) in [5, 5.41) is 4.13. The summed E-state index contributed by atoms with van der Waals surface area (Å²) >= 11 is -0.432. The summed E-state index contributed by atoms with van der Waals surface area (Å²) in [5.74, 6) is 0. The molecule has 1 unspecified atom stereocenters. The van der Waals surface area contributed by atoms with Gasteiger partial charge >= 0.3 is 11.7 Å². The molecule has 0 saturated heterocycles. The van der Waals surface area contributed by atoms with Gasteiger partial charge in [0, 0.05) is 13.3 Å². The van der Waals surface area contributed by atoms with Crippen LogP contribution in [0.4, 0.5) is 4.79 Å². The Morgan fingerprint density at radius 3 is 2.69 bits per heavy atom. The van der Waals surface area contributed by atoms with E-state index in [2.05, 4.69) is 9.38 Å². The molecule has 1 N–H and O–H groups in total. The number of amides is 1. The van der Waals surface area contributed by atoms with Crippen LogP contribution in [-0.4, -0.2) is 37.1 Å². The molecule has 0 aliphatic carbocycles. The Labute approximate surface area is 97.6 Å². The summed E-state index contributed by atoms with van der Waals surface area (Å²) in [4.78, 5) is 22.9. The molecule has 1 rings (SSSR count). The standard InChI is InChI=1S/C6H10N4O4S2/c1-9-5(15-2)7-10(6(9)12)4(11)8-14-16(3)13/h1-3H3,(H,8,11). The van der Waals surface area contributed by atoms with Gasteiger partial charge in [0.15, 0.2) is 16.2 Å². The lowest BCUT2D eigenvalue weighted by molar-refractivity contribution is 0.187. The van der Waals surface area contributed by atoms with E-state index in [1.165, 1.54) is 29.6 Å². The van der Waals surface area contributed by atoms with E-state index in [4.69, 9.17) is 0 Å². The van der Waals surface area contributed by atoms with Gasteiger partial charge in [0.2, 0.25) is 0 Å². The first-order valence-corrected chi connectivity index (χ1v) is 6.69. The predicted molar refractivity (Wildman–Crippen MR) is 58.3 cm³/mol. The molecule has 10 heteroatoms. The van der Waals surface area contributed by atoms with Gasteiger partial charge in [-0.2, -0.15) is 9.76 Å². The Kier molecular flexibility index (Phi) is 4.26. The Morgan fingerprint density at radius 1 is 1.62 bits per heavy atom. The van der Waals surface area contributed by atoms with Crippen molar-refractivity contribution in [3.63, 3.8) is 0 Å². The number of thioether (sulfide) groups is 1. The van der Waals surface area contributed by atoms with Crippen molar-refractivity contribution in [2.24, 2.45) is 7.05 Å². The maximum Gasteiger partial charge on any atom is 0.371 e. The number of nitrogens with one attached hydrogen (secondary N) is 1. The van der Waals surface area contributed by atoms with Gasteiger partial charge in [-0.25, -0.2) is 13.8 Å². The zero-order valence-corrected chi connectivity index (χ0v) is 10.4. The van der Waals surface area contributed by atoms with Crippen LogP contribution in [-0.2, 0) is 22.4 Å². The average Bonchev–Trinajstić information content (AvgIpc) is 2.52. The van der Waals surface area contributed by atoms with E-state index in [9.17, 15) is 13.8 Å². The Morgan fingerprint density at radius 2 is 2.25 bits per heavy atom. The van der Waals surface area contributed by atoms with Crippen molar-refractivity contribution in [3.8, 4) is 0 Å². The van der Waals surface area contributed by atoms with Crippen LogP contribution in [0.2, 0.25) is 0 Å². The minimum Gasteiger partial charge on any atom is -0.273 e. The van der Waals surface area contributed by atoms with Gasteiger partial charge in [0.25, 0.3) is 0 Å². The smallest absolute Gasteiger partial charge is 0.273 e. The molecule has 1 aromatic heterocycles. The fourth-order valence-electron chi connectivity index (χ4n) is 0.867. The van der Waals surface area contributed by atoms with Crippen LogP contribution in [0.25, 0.3) is 0 Å². The number of hydroxylamine groups is 1. The quantitative estimate of drug-likeness (QED) is 0.562. The van der Waals surface area contributed by atoms with Crippen molar-refractivity contribution in [1.82, 2.24) is 19.8 Å². The third-order valence-corrected chi connectivity index (χ3v) is 2.60. The minimum atomic E-state index is -1.65. The van der Waals surface area contributed by atoms with Crippen molar-refractivity contribution in [2.75, 3.05) is 12.5 Å². The summed E-state index contributed by atoms with van der Waals surface area (Å²) in [5.41, 5.74) is 1.24. The average molecular weight is 266 g/mol. The van der Waals surface area contributed by atoms with Crippen molar-refractivity contribution in [2.45, 2.75) is 5.16 Å². The Bertz CT molecular complexity index is 479. The van der Waals surface area contributed by atoms with Crippen LogP contribution in [0.15, 0.2) is 9.95 Å². The minimum absolute atomic E-state index is 0.387. The number of hydrogen-bond donors (Lipinski definition) is 1. The molecule has 16 heavy (non-hydrogen) atoms. The van der Waals surface area contributed by atoms with Gasteiger partial charge in [0.05, 0.1) is 0 Å². The van der Waals surface area contributed by atoms with Gasteiger partial charge in [-0.05, 0) is 6.26 Å². The number of aromatic nitrogens is 3. The van der Waals surface area contributed by atoms with Crippen LogP contribution in [0.3, 0.4) is 0 Å². The monoisotopic (exact) mass is 266 g/mol. The van der Waals surface area contributed by atoms with Gasteiger partial charge in [-0.1, -0.05) is 11.8 Å². The molecular weight excluding hydrogens is 256 g/mol. The third kappa shape index (κ3) is 2.71. The summed E-state index contributed by atoms with van der Waals surface area (Å²) in [6, 6.07) is -0.892. The highest BCUT2D eigenvalue weighted by Gasteiger charge is 2.15. The molecule has 90 valence electrons. The molecular formula is C6H10N4O4S2. The molecule has 1 atom stereocenters. The lowest BCUT2D eigenvalue weighted by Gasteiger charge is -1.99. The number of carbonyl (C=O) groups is 1. The lowest BCUT2D eigenvalue weighted by atomic mass is 11.0. The van der Waals surface area contributed by atoms with Crippen LogP contribution >= 0.6 is 11.8 Å². The molecule has 8 nitrogen and oxygen atoms in total. The molecule has 0 spiro atoms. The van der Waals surface area contributed by atoms with Crippen molar-refractivity contribution in [3.05, 3.63) is 10.5 Å². The van der Waals surface area contributed by atoms with Crippen molar-refractivity contribution in [1.29, 1.82) is 0 Å². The maximum atomic E-state index is 11.5. The Hall–Kier alpha value is -1.13. The van der Waals surface area contributed by atoms with Crippen molar-refractivity contribution < 1.29 is 13.3 Å². The number of carbonyl (C=O) groups excluding carboxylic acids is 1. The van der Waals surface area contributed by atoms with E-state index in [1.807, 2.05) is 5.48 Å². The molecule has 0 bridgehead atoms. The number of rotatable bonds is 3. The normalized spacial score (nSPS) is 12.4. The molecule has 0 aliphatic heterocycles. The fraction of sp³-hybridized carbons (Fsp3) is 0.500. The van der Waals surface area contributed by atoms with Gasteiger partial charge < -0.3 is 0 Å². The molecule has 1 heterocycles. The highest BCUT2D eigenvalue weighted by molar-refractivity contribution is 7.98. The number of hydrogen-bond acceptors (Lipinski definition) is 6. The zero-order valence-electron chi connectivity index (χ0n) is 8.79. The van der Waals surface area contributed by atoms with E-state index in [0.717, 1.165) is 0 Å². The number of nitrogens with zero attached hydrogens (tertiary/aromatic N) is 3. The molecule has 1 aromatic rings. The lowest BCUT2D eigenvalue weighted by Crippen LogP contribution is -2.37. The Balaban J connectivity index is 2.92. The molecule has 0 saturated carbocycles. The predicted octanol–water partition coefficient (Wildman–Crippen LogP) is -0.913. The summed E-state index contributed by atoms with van der Waals surface area (Å²) in [6.45, 7) is 0. The molecule has 0 aliphatic rings. The van der Waals surface area contributed by atoms with Gasteiger partial charge in [-0.15, -0.1) is 9.78 Å². The van der Waals surface area contributed by atoms with E-state index in [-0.39, 0.29) is 0 Å². The zero-order chi connectivity index (χ0) is 12.3. The molecule has 0 fully saturated rings. The maximum absolute atomic E-state index is 11.5. The first kappa shape index (κ1) is 12.9. The van der Waals surface area contributed by atoms with Crippen LogP contribution in [0, 0.1) is 0 Å². The second kappa shape index (κ2) is 5.27. The highest BCUT2D eigenvalue weighted by Crippen LogP contribution is 2.06. The van der Waals surface area contributed by atoms with Gasteiger partial charge in [-0.3, -0.25) is 4.57 Å². The van der Waals surface area contributed by atoms with Crippen LogP contribution < -0.4 is 11.2 Å². The summed E-state index contributed by atoms with van der Waals surface area (Å²) < 4.78 is 16.7. The van der Waals surface area contributed by atoms with E-state index in [0.29, 0.717) is 9.84 Å². The fourth-order valence-corrected chi connectivity index (χ4v) is 1.57. The first-order valence-electron chi connectivity index (χ1n) is 3.98. The summed E-state index contributed by atoms with van der Waals surface area (Å²) in [6.07, 6.45) is 2.95. The first-order chi connectivity index (χ1) is 7.47. The largest absolute Gasteiger partial charge is 0.371 e.